The van der Waals surface area contributed by atoms with Gasteiger partial charge in [-0.25, -0.2) is 0 Å². The first kappa shape index (κ1) is 33.0. The van der Waals surface area contributed by atoms with E-state index in [1.165, 1.54) is 22.3 Å². The molecule has 0 amide bonds. The van der Waals surface area contributed by atoms with Crippen LogP contribution in [0.4, 0.5) is 0 Å². The highest BCUT2D eigenvalue weighted by Crippen LogP contribution is 2.65. The molecule has 12 heteroatoms. The molecule has 2 aromatic rings. The highest BCUT2D eigenvalue weighted by Gasteiger charge is 2.68. The van der Waals surface area contributed by atoms with Gasteiger partial charge in [0, 0.05) is 10.8 Å². The van der Waals surface area contributed by atoms with Gasteiger partial charge in [0.05, 0.1) is 51.1 Å². The summed E-state index contributed by atoms with van der Waals surface area (Å²) in [5.74, 6) is 2.85. The second kappa shape index (κ2) is 12.4. The van der Waals surface area contributed by atoms with E-state index in [0.29, 0.717) is 6.42 Å². The number of alkyl halides is 1. The van der Waals surface area contributed by atoms with Gasteiger partial charge in [0.2, 0.25) is 0 Å². The van der Waals surface area contributed by atoms with Crippen molar-refractivity contribution in [2.75, 3.05) is 47.3 Å². The SMILES string of the molecule is COc1cc2c(cc1OC)[C@H]([C@@H]1NCCc3cc(OC)c(OC)cc31)NCC2.C[C@]12CC[C@H]([C@H](Br)C1=O)[C@@]2(C)CS(=O)(=O)O. The molecule has 44 heavy (non-hydrogen) atoms. The summed E-state index contributed by atoms with van der Waals surface area (Å²) in [6, 6.07) is 8.73. The number of fused-ring (bicyclic) bond motifs is 4. The van der Waals surface area contributed by atoms with E-state index in [4.69, 9.17) is 23.5 Å². The Balaban J connectivity index is 0.000000204. The number of Topliss-reactive ketones (excluding diaryl/α,β-unsaturated/α-hetero) is 1. The van der Waals surface area contributed by atoms with E-state index in [1.807, 2.05) is 6.92 Å². The highest BCUT2D eigenvalue weighted by atomic mass is 79.9. The minimum Gasteiger partial charge on any atom is -0.493 e. The molecule has 6 atom stereocenters. The predicted molar refractivity (Wildman–Crippen MR) is 171 cm³/mol. The summed E-state index contributed by atoms with van der Waals surface area (Å²) in [5, 5.41) is 7.42. The van der Waals surface area contributed by atoms with Crippen LogP contribution >= 0.6 is 15.9 Å². The lowest BCUT2D eigenvalue weighted by Crippen LogP contribution is -2.42. The second-order valence-electron chi connectivity index (χ2n) is 12.6. The van der Waals surface area contributed by atoms with Crippen LogP contribution in [0.25, 0.3) is 0 Å². The molecule has 2 aromatic carbocycles. The van der Waals surface area contributed by atoms with E-state index >= 15 is 0 Å². The zero-order chi connectivity index (χ0) is 32.0. The molecule has 3 N–H and O–H groups in total. The Morgan fingerprint density at radius 1 is 0.841 bits per heavy atom. The summed E-state index contributed by atoms with van der Waals surface area (Å²) in [6.07, 6.45) is 3.49. The summed E-state index contributed by atoms with van der Waals surface area (Å²) < 4.78 is 53.4. The van der Waals surface area contributed by atoms with Crippen molar-refractivity contribution in [3.8, 4) is 23.0 Å². The molecule has 2 saturated carbocycles. The maximum atomic E-state index is 12.1. The van der Waals surface area contributed by atoms with E-state index < -0.39 is 20.9 Å². The van der Waals surface area contributed by atoms with Gasteiger partial charge in [-0.2, -0.15) is 8.42 Å². The van der Waals surface area contributed by atoms with Crippen LogP contribution in [0.5, 0.6) is 23.0 Å². The number of nitrogens with one attached hydrogen (secondary N) is 2. The summed E-state index contributed by atoms with van der Waals surface area (Å²) in [6.45, 7) is 5.47. The third-order valence-corrected chi connectivity index (χ3v) is 12.5. The van der Waals surface area contributed by atoms with Crippen molar-refractivity contribution in [3.05, 3.63) is 46.5 Å². The molecule has 2 aliphatic heterocycles. The van der Waals surface area contributed by atoms with Gasteiger partial charge in [-0.3, -0.25) is 9.35 Å². The van der Waals surface area contributed by atoms with Crippen LogP contribution in [0.15, 0.2) is 24.3 Å². The van der Waals surface area contributed by atoms with Crippen molar-refractivity contribution in [1.29, 1.82) is 0 Å². The maximum absolute atomic E-state index is 12.1. The highest BCUT2D eigenvalue weighted by molar-refractivity contribution is 9.10. The number of carbonyl (C=O) groups excluding carboxylic acids is 1. The third kappa shape index (κ3) is 5.61. The Labute approximate surface area is 268 Å². The zero-order valence-corrected chi connectivity index (χ0v) is 28.6. The van der Waals surface area contributed by atoms with Crippen LogP contribution in [0.1, 0.15) is 61.0 Å². The minimum absolute atomic E-state index is 0.00641. The van der Waals surface area contributed by atoms with Crippen molar-refractivity contribution in [3.63, 3.8) is 0 Å². The van der Waals surface area contributed by atoms with Crippen LogP contribution in [0, 0.1) is 16.7 Å². The fourth-order valence-electron chi connectivity index (χ4n) is 7.89. The molecule has 6 rings (SSSR count). The number of hydrogen-bond donors (Lipinski definition) is 3. The topological polar surface area (TPSA) is 132 Å². The van der Waals surface area contributed by atoms with Gasteiger partial charge in [0.15, 0.2) is 28.8 Å². The first-order valence-corrected chi connectivity index (χ1v) is 17.4. The minimum atomic E-state index is -4.05. The van der Waals surface area contributed by atoms with Gasteiger partial charge in [0.25, 0.3) is 10.1 Å². The largest absolute Gasteiger partial charge is 0.493 e. The quantitative estimate of drug-likeness (QED) is 0.282. The number of ketones is 1. The predicted octanol–water partition coefficient (Wildman–Crippen LogP) is 4.44. The Kier molecular flexibility index (Phi) is 9.32. The Hall–Kier alpha value is -2.38. The van der Waals surface area contributed by atoms with Crippen LogP contribution in [0.2, 0.25) is 0 Å². The molecule has 2 fully saturated rings. The molecule has 2 bridgehead atoms. The summed E-state index contributed by atoms with van der Waals surface area (Å²) in [4.78, 5) is 11.8. The van der Waals surface area contributed by atoms with Crippen molar-refractivity contribution >= 4 is 31.8 Å². The molecule has 2 aliphatic carbocycles. The Bertz CT molecular complexity index is 1460. The number of hydrogen-bond acceptors (Lipinski definition) is 9. The molecule has 0 unspecified atom stereocenters. The number of halogens is 1. The smallest absolute Gasteiger partial charge is 0.265 e. The molecule has 0 radical (unpaired) electrons. The van der Waals surface area contributed by atoms with Gasteiger partial charge in [-0.05, 0) is 91.2 Å². The summed E-state index contributed by atoms with van der Waals surface area (Å²) >= 11 is 3.35. The Morgan fingerprint density at radius 2 is 1.27 bits per heavy atom. The zero-order valence-electron chi connectivity index (χ0n) is 26.2. The first-order chi connectivity index (χ1) is 20.8. The molecular weight excluding hydrogens is 652 g/mol. The van der Waals surface area contributed by atoms with E-state index in [0.717, 1.165) is 55.4 Å². The molecule has 242 valence electrons. The number of ether oxygens (including phenoxy) is 4. The standard InChI is InChI=1S/C22H28N2O4.C10H15BrO4S/c1-25-17-9-13-5-7-23-21(15(13)11-19(17)27-3)22-16-12-20(28-4)18(26-2)10-14(16)6-8-24-22;1-9-4-3-6(7(11)8(9)12)10(9,2)5-16(13,14)15/h9-12,21-24H,5-8H2,1-4H3;6-7H,3-5H2,1-2H3,(H,13,14,15)/t21-,22-;6-,7+,9+,10-/m11/s1. The van der Waals surface area contributed by atoms with Crippen LogP contribution < -0.4 is 29.6 Å². The van der Waals surface area contributed by atoms with Crippen molar-refractivity contribution in [2.45, 2.75) is 56.4 Å². The van der Waals surface area contributed by atoms with Crippen molar-refractivity contribution in [1.82, 2.24) is 10.6 Å². The lowest BCUT2D eigenvalue weighted by molar-refractivity contribution is -0.127. The van der Waals surface area contributed by atoms with Crippen LogP contribution in [-0.4, -0.2) is 70.9 Å². The molecular formula is C32H43BrN2O8S. The van der Waals surface area contributed by atoms with E-state index in [2.05, 4.69) is 50.8 Å². The fraction of sp³-hybridized carbons (Fsp3) is 0.594. The molecule has 2 heterocycles. The molecule has 0 aromatic heterocycles. The third-order valence-electron chi connectivity index (χ3n) is 10.5. The first-order valence-electron chi connectivity index (χ1n) is 14.9. The van der Waals surface area contributed by atoms with Gasteiger partial charge < -0.3 is 29.6 Å². The summed E-state index contributed by atoms with van der Waals surface area (Å²) in [5.41, 5.74) is 3.84. The van der Waals surface area contributed by atoms with E-state index in [9.17, 15) is 13.2 Å². The second-order valence-corrected chi connectivity index (χ2v) is 15.0. The molecule has 4 aliphatic rings. The van der Waals surface area contributed by atoms with E-state index in [1.54, 1.807) is 35.4 Å². The average Bonchev–Trinajstić information content (AvgIpc) is 3.33. The van der Waals surface area contributed by atoms with Crippen molar-refractivity contribution < 1.29 is 36.7 Å². The number of carbonyl (C=O) groups is 1. The van der Waals surface area contributed by atoms with Gasteiger partial charge in [0.1, 0.15) is 0 Å². The normalized spacial score (nSPS) is 30.5. The van der Waals surface area contributed by atoms with Gasteiger partial charge in [-0.1, -0.05) is 29.8 Å². The monoisotopic (exact) mass is 694 g/mol. The fourth-order valence-corrected chi connectivity index (χ4v) is 10.5. The lowest BCUT2D eigenvalue weighted by Gasteiger charge is -2.38. The van der Waals surface area contributed by atoms with Crippen molar-refractivity contribution in [2.24, 2.45) is 16.7 Å². The molecule has 0 saturated heterocycles. The van der Waals surface area contributed by atoms with E-state index in [-0.39, 0.29) is 34.4 Å². The Morgan fingerprint density at radius 3 is 1.64 bits per heavy atom. The lowest BCUT2D eigenvalue weighted by atomic mass is 9.70. The van der Waals surface area contributed by atoms with Crippen LogP contribution in [-0.2, 0) is 27.8 Å². The molecule has 0 spiro atoms. The molecule has 10 nitrogen and oxygen atoms in total. The maximum Gasteiger partial charge on any atom is 0.265 e. The van der Waals surface area contributed by atoms with Crippen LogP contribution in [0.3, 0.4) is 0 Å². The average molecular weight is 696 g/mol. The number of benzene rings is 2. The number of methoxy groups -OCH3 is 4. The number of rotatable bonds is 7. The van der Waals surface area contributed by atoms with Gasteiger partial charge >= 0.3 is 0 Å². The van der Waals surface area contributed by atoms with Gasteiger partial charge in [-0.15, -0.1) is 0 Å². The summed E-state index contributed by atoms with van der Waals surface area (Å²) in [7, 11) is 2.68.